The van der Waals surface area contributed by atoms with Gasteiger partial charge in [0.2, 0.25) is 11.8 Å². The summed E-state index contributed by atoms with van der Waals surface area (Å²) in [5, 5.41) is 14.1. The molecule has 2 aromatic rings. The van der Waals surface area contributed by atoms with Crippen molar-refractivity contribution in [3.63, 3.8) is 0 Å². The normalized spacial score (nSPS) is 14.5. The Balaban J connectivity index is 1.82. The second-order valence-corrected chi connectivity index (χ2v) is 6.77. The molecule has 1 amide bonds. The number of rotatable bonds is 6. The van der Waals surface area contributed by atoms with Gasteiger partial charge in [-0.3, -0.25) is 14.8 Å². The van der Waals surface area contributed by atoms with Crippen LogP contribution in [0, 0.1) is 0 Å². The lowest BCUT2D eigenvalue weighted by atomic mass is 9.92. The van der Waals surface area contributed by atoms with Gasteiger partial charge in [0.05, 0.1) is 18.3 Å². The first-order valence-electron chi connectivity index (χ1n) is 7.77. The van der Waals surface area contributed by atoms with Crippen LogP contribution >= 0.6 is 0 Å². The minimum absolute atomic E-state index is 0.0977. The fourth-order valence-electron chi connectivity index (χ4n) is 2.04. The number of nitrogens with zero attached hydrogens (tertiary/aromatic N) is 3. The van der Waals surface area contributed by atoms with E-state index in [9.17, 15) is 4.79 Å². The summed E-state index contributed by atoms with van der Waals surface area (Å²) in [5.41, 5.74) is 0.694. The fraction of sp³-hybridized carbons (Fsp3) is 0.562. The second-order valence-electron chi connectivity index (χ2n) is 6.77. The average Bonchev–Trinajstić information content (AvgIpc) is 3.14. The van der Waals surface area contributed by atoms with Crippen LogP contribution in [0.3, 0.4) is 0 Å². The molecule has 23 heavy (non-hydrogen) atoms. The minimum atomic E-state index is -0.166. The largest absolute Gasteiger partial charge is 0.338 e. The zero-order valence-electron chi connectivity index (χ0n) is 14.3. The number of hydrogen-bond acceptors (Lipinski definition) is 5. The van der Waals surface area contributed by atoms with Gasteiger partial charge in [-0.15, -0.1) is 0 Å². The molecule has 0 aliphatic rings. The highest BCUT2D eigenvalue weighted by Crippen LogP contribution is 2.23. The van der Waals surface area contributed by atoms with Gasteiger partial charge in [0.15, 0.2) is 0 Å². The third-order valence-electron chi connectivity index (χ3n) is 3.79. The third-order valence-corrected chi connectivity index (χ3v) is 3.79. The average molecular weight is 319 g/mol. The van der Waals surface area contributed by atoms with E-state index in [1.807, 2.05) is 44.6 Å². The zero-order valence-corrected chi connectivity index (χ0v) is 14.3. The third kappa shape index (κ3) is 4.66. The predicted molar refractivity (Wildman–Crippen MR) is 88.2 cm³/mol. The van der Waals surface area contributed by atoms with Gasteiger partial charge in [0.25, 0.3) is 0 Å². The smallest absolute Gasteiger partial charge is 0.240 e. The highest BCUT2D eigenvalue weighted by molar-refractivity contribution is 5.91. The van der Waals surface area contributed by atoms with Crippen molar-refractivity contribution in [3.8, 4) is 0 Å². The maximum absolute atomic E-state index is 12.0. The van der Waals surface area contributed by atoms with E-state index in [1.165, 1.54) is 0 Å². The summed E-state index contributed by atoms with van der Waals surface area (Å²) in [6.45, 7) is 10.4. The molecule has 126 valence electrons. The maximum atomic E-state index is 12.0. The first-order valence-corrected chi connectivity index (χ1v) is 7.77. The van der Waals surface area contributed by atoms with Gasteiger partial charge in [-0.1, -0.05) is 25.9 Å². The number of anilines is 1. The Morgan fingerprint density at radius 1 is 1.39 bits per heavy atom. The molecule has 7 nitrogen and oxygen atoms in total. The number of nitrogens with one attached hydrogen (secondary N) is 2. The lowest BCUT2D eigenvalue weighted by molar-refractivity contribution is -0.115. The summed E-state index contributed by atoms with van der Waals surface area (Å²) >= 11 is 0. The molecule has 0 saturated carbocycles. The van der Waals surface area contributed by atoms with Crippen molar-refractivity contribution in [1.29, 1.82) is 0 Å². The number of carbonyl (C=O) groups excluding carboxylic acids is 1. The summed E-state index contributed by atoms with van der Waals surface area (Å²) < 4.78 is 7.01. The van der Waals surface area contributed by atoms with Crippen molar-refractivity contribution >= 4 is 11.8 Å². The van der Waals surface area contributed by atoms with Crippen LogP contribution in [-0.4, -0.2) is 33.4 Å². The highest BCUT2D eigenvalue weighted by Gasteiger charge is 2.20. The van der Waals surface area contributed by atoms with Crippen molar-refractivity contribution in [2.24, 2.45) is 0 Å². The van der Waals surface area contributed by atoms with Crippen molar-refractivity contribution in [1.82, 2.24) is 20.3 Å². The van der Waals surface area contributed by atoms with E-state index in [-0.39, 0.29) is 30.0 Å². The molecule has 0 bridgehead atoms. The molecule has 0 saturated heterocycles. The molecule has 0 radical (unpaired) electrons. The van der Waals surface area contributed by atoms with E-state index < -0.39 is 0 Å². The van der Waals surface area contributed by atoms with Gasteiger partial charge < -0.3 is 9.84 Å². The van der Waals surface area contributed by atoms with Gasteiger partial charge in [0, 0.05) is 29.9 Å². The first kappa shape index (κ1) is 17.2. The number of amides is 1. The number of hydrogen-bond donors (Lipinski definition) is 2. The molecule has 2 heterocycles. The Bertz CT molecular complexity index is 627. The van der Waals surface area contributed by atoms with Gasteiger partial charge in [-0.2, -0.15) is 5.10 Å². The molecule has 0 unspecified atom stereocenters. The molecule has 0 aromatic carbocycles. The van der Waals surface area contributed by atoms with Crippen LogP contribution in [0.4, 0.5) is 5.88 Å². The Kier molecular flexibility index (Phi) is 5.20. The quantitative estimate of drug-likeness (QED) is 0.853. The van der Waals surface area contributed by atoms with E-state index in [1.54, 1.807) is 12.3 Å². The molecule has 0 aliphatic carbocycles. The van der Waals surface area contributed by atoms with E-state index in [0.29, 0.717) is 5.88 Å². The summed E-state index contributed by atoms with van der Waals surface area (Å²) in [7, 11) is 0. The SMILES string of the molecule is C[C@H]([C@@H](C)NCC(=O)Nc1cc(C(C)(C)C)no1)n1cccn1. The van der Waals surface area contributed by atoms with E-state index in [2.05, 4.69) is 27.8 Å². The van der Waals surface area contributed by atoms with Gasteiger partial charge in [0.1, 0.15) is 0 Å². The monoisotopic (exact) mass is 319 g/mol. The molecular formula is C16H25N5O2. The van der Waals surface area contributed by atoms with Crippen molar-refractivity contribution in [2.45, 2.75) is 52.1 Å². The van der Waals surface area contributed by atoms with E-state index in [4.69, 9.17) is 4.52 Å². The lowest BCUT2D eigenvalue weighted by Crippen LogP contribution is -2.39. The molecule has 2 N–H and O–H groups in total. The van der Waals surface area contributed by atoms with Gasteiger partial charge in [-0.25, -0.2) is 0 Å². The second kappa shape index (κ2) is 6.95. The maximum Gasteiger partial charge on any atom is 0.240 e. The van der Waals surface area contributed by atoms with E-state index in [0.717, 1.165) is 5.69 Å². The Morgan fingerprint density at radius 3 is 2.70 bits per heavy atom. The minimum Gasteiger partial charge on any atom is -0.338 e. The van der Waals surface area contributed by atoms with Crippen LogP contribution in [0.2, 0.25) is 0 Å². The lowest BCUT2D eigenvalue weighted by Gasteiger charge is -2.21. The Hall–Kier alpha value is -2.15. The molecule has 7 heteroatoms. The Morgan fingerprint density at radius 2 is 2.13 bits per heavy atom. The summed E-state index contributed by atoms with van der Waals surface area (Å²) in [5.74, 6) is 0.204. The van der Waals surface area contributed by atoms with Crippen LogP contribution < -0.4 is 10.6 Å². The number of carbonyl (C=O) groups is 1. The molecule has 2 atom stereocenters. The van der Waals surface area contributed by atoms with Crippen molar-refractivity contribution in [2.75, 3.05) is 11.9 Å². The van der Waals surface area contributed by atoms with E-state index >= 15 is 0 Å². The standard InChI is InChI=1S/C16H25N5O2/c1-11(12(2)21-8-6-7-18-21)17-10-14(22)19-15-9-13(20-23-15)16(3,4)5/h6-9,11-12,17H,10H2,1-5H3,(H,19,22)/t11-,12-/m1/s1. The van der Waals surface area contributed by atoms with Crippen molar-refractivity contribution in [3.05, 3.63) is 30.2 Å². The number of aromatic nitrogens is 3. The summed E-state index contributed by atoms with van der Waals surface area (Å²) in [4.78, 5) is 12.0. The molecule has 2 rings (SSSR count). The first-order chi connectivity index (χ1) is 10.8. The zero-order chi connectivity index (χ0) is 17.0. The summed E-state index contributed by atoms with van der Waals surface area (Å²) in [6, 6.07) is 3.89. The van der Waals surface area contributed by atoms with Crippen LogP contribution in [0.15, 0.2) is 29.0 Å². The van der Waals surface area contributed by atoms with Crippen LogP contribution in [0.5, 0.6) is 0 Å². The fourth-order valence-corrected chi connectivity index (χ4v) is 2.04. The Labute approximate surface area is 136 Å². The van der Waals surface area contributed by atoms with Crippen LogP contribution in [0.25, 0.3) is 0 Å². The molecular weight excluding hydrogens is 294 g/mol. The molecule has 0 aliphatic heterocycles. The topological polar surface area (TPSA) is 85.0 Å². The van der Waals surface area contributed by atoms with Gasteiger partial charge in [-0.05, 0) is 19.9 Å². The van der Waals surface area contributed by atoms with Crippen LogP contribution in [0.1, 0.15) is 46.4 Å². The predicted octanol–water partition coefficient (Wildman–Crippen LogP) is 2.35. The molecule has 0 fully saturated rings. The molecule has 2 aromatic heterocycles. The highest BCUT2D eigenvalue weighted by atomic mass is 16.5. The molecule has 0 spiro atoms. The van der Waals surface area contributed by atoms with Crippen LogP contribution in [-0.2, 0) is 10.2 Å². The van der Waals surface area contributed by atoms with Crippen molar-refractivity contribution < 1.29 is 9.32 Å². The van der Waals surface area contributed by atoms with Gasteiger partial charge >= 0.3 is 0 Å². The summed E-state index contributed by atoms with van der Waals surface area (Å²) in [6.07, 6.45) is 3.65.